The van der Waals surface area contributed by atoms with Gasteiger partial charge in [-0.05, 0) is 52.2 Å². The zero-order valence-electron chi connectivity index (χ0n) is 19.3. The van der Waals surface area contributed by atoms with Gasteiger partial charge in [-0.1, -0.05) is 24.0 Å². The van der Waals surface area contributed by atoms with E-state index < -0.39 is 0 Å². The lowest BCUT2D eigenvalue weighted by Crippen LogP contribution is -2.41. The van der Waals surface area contributed by atoms with Gasteiger partial charge in [0.15, 0.2) is 0 Å². The van der Waals surface area contributed by atoms with Crippen molar-refractivity contribution < 1.29 is 14.3 Å². The van der Waals surface area contributed by atoms with E-state index in [4.69, 9.17) is 17.0 Å². The summed E-state index contributed by atoms with van der Waals surface area (Å²) in [6, 6.07) is 2.04. The van der Waals surface area contributed by atoms with Crippen molar-refractivity contribution in [3.8, 4) is 6.07 Å². The fraction of sp³-hybridized carbons (Fsp3) is 0.522. The lowest BCUT2D eigenvalue weighted by molar-refractivity contribution is -0.148. The summed E-state index contributed by atoms with van der Waals surface area (Å²) in [6.07, 6.45) is 2.96. The van der Waals surface area contributed by atoms with Crippen molar-refractivity contribution >= 4 is 52.1 Å². The SMILES string of the molecule is CCOC(=O)C1CCN(c2c(/C=C3/SC(=S)N(CC)C3=O)c(C)c(C#N)c(=O)n2CC)CC1. The number of esters is 1. The number of carbonyl (C=O) groups excluding carboxylic acids is 2. The monoisotopic (exact) mass is 488 g/mol. The topological polar surface area (TPSA) is 95.6 Å². The van der Waals surface area contributed by atoms with Crippen molar-refractivity contribution in [2.45, 2.75) is 47.1 Å². The van der Waals surface area contributed by atoms with Crippen molar-refractivity contribution in [1.29, 1.82) is 5.26 Å². The van der Waals surface area contributed by atoms with Crippen LogP contribution in [0.3, 0.4) is 0 Å². The molecule has 0 atom stereocenters. The van der Waals surface area contributed by atoms with E-state index in [1.54, 1.807) is 24.5 Å². The van der Waals surface area contributed by atoms with Gasteiger partial charge >= 0.3 is 5.97 Å². The number of rotatable bonds is 6. The van der Waals surface area contributed by atoms with Gasteiger partial charge in [-0.25, -0.2) is 0 Å². The number of thiocarbonyl (C=S) groups is 1. The summed E-state index contributed by atoms with van der Waals surface area (Å²) in [6.45, 7) is 9.57. The number of aromatic nitrogens is 1. The molecular weight excluding hydrogens is 460 g/mol. The Morgan fingerprint density at radius 3 is 2.42 bits per heavy atom. The molecule has 1 amide bonds. The highest BCUT2D eigenvalue weighted by molar-refractivity contribution is 8.26. The van der Waals surface area contributed by atoms with Gasteiger partial charge in [0, 0.05) is 31.7 Å². The smallest absolute Gasteiger partial charge is 0.309 e. The Bertz CT molecular complexity index is 1110. The van der Waals surface area contributed by atoms with Crippen LogP contribution in [-0.4, -0.2) is 51.9 Å². The van der Waals surface area contributed by atoms with Gasteiger partial charge < -0.3 is 9.64 Å². The van der Waals surface area contributed by atoms with Crippen LogP contribution >= 0.6 is 24.0 Å². The zero-order valence-corrected chi connectivity index (χ0v) is 21.0. The van der Waals surface area contributed by atoms with E-state index in [1.807, 2.05) is 19.9 Å². The molecule has 0 bridgehead atoms. The highest BCUT2D eigenvalue weighted by atomic mass is 32.2. The third-order valence-corrected chi connectivity index (χ3v) is 7.42. The third kappa shape index (κ3) is 4.70. The number of nitrogens with zero attached hydrogens (tertiary/aromatic N) is 4. The maximum atomic E-state index is 13.1. The fourth-order valence-electron chi connectivity index (χ4n) is 4.27. The molecule has 8 nitrogen and oxygen atoms in total. The Morgan fingerprint density at radius 2 is 1.91 bits per heavy atom. The first kappa shape index (κ1) is 25.0. The Kier molecular flexibility index (Phi) is 7.97. The van der Waals surface area contributed by atoms with E-state index in [1.165, 1.54) is 16.7 Å². The second-order valence-electron chi connectivity index (χ2n) is 7.84. The Labute approximate surface area is 203 Å². The van der Waals surface area contributed by atoms with Crippen molar-refractivity contribution in [3.63, 3.8) is 0 Å². The van der Waals surface area contributed by atoms with Crippen LogP contribution in [0.25, 0.3) is 6.08 Å². The number of anilines is 1. The van der Waals surface area contributed by atoms with Gasteiger partial charge in [-0.3, -0.25) is 23.9 Å². The maximum Gasteiger partial charge on any atom is 0.309 e. The second-order valence-corrected chi connectivity index (χ2v) is 9.51. The van der Waals surface area contributed by atoms with Gasteiger partial charge in [-0.15, -0.1) is 0 Å². The minimum atomic E-state index is -0.349. The van der Waals surface area contributed by atoms with Crippen molar-refractivity contribution in [2.24, 2.45) is 5.92 Å². The molecule has 0 aliphatic carbocycles. The number of hydrogen-bond acceptors (Lipinski definition) is 8. The molecule has 3 rings (SSSR count). The number of likely N-dealkylation sites (N-methyl/N-ethyl adjacent to an activating group) is 1. The van der Waals surface area contributed by atoms with Crippen LogP contribution in [0.2, 0.25) is 0 Å². The van der Waals surface area contributed by atoms with Gasteiger partial charge in [0.05, 0.1) is 17.4 Å². The van der Waals surface area contributed by atoms with Crippen LogP contribution in [0.5, 0.6) is 0 Å². The first-order valence-corrected chi connectivity index (χ1v) is 12.4. The van der Waals surface area contributed by atoms with Crippen LogP contribution in [0.1, 0.15) is 50.3 Å². The third-order valence-electron chi connectivity index (χ3n) is 6.04. The predicted octanol–water partition coefficient (Wildman–Crippen LogP) is 3.05. The van der Waals surface area contributed by atoms with E-state index in [0.29, 0.717) is 71.8 Å². The van der Waals surface area contributed by atoms with E-state index in [2.05, 4.69) is 4.90 Å². The van der Waals surface area contributed by atoms with Gasteiger partial charge in [0.2, 0.25) is 0 Å². The molecule has 2 fully saturated rings. The molecule has 0 unspecified atom stereocenters. The summed E-state index contributed by atoms with van der Waals surface area (Å²) in [4.78, 5) is 42.2. The van der Waals surface area contributed by atoms with Gasteiger partial charge in [0.1, 0.15) is 21.8 Å². The van der Waals surface area contributed by atoms with Gasteiger partial charge in [-0.2, -0.15) is 5.26 Å². The molecule has 0 spiro atoms. The quantitative estimate of drug-likeness (QED) is 0.343. The molecule has 0 aromatic carbocycles. The minimum Gasteiger partial charge on any atom is -0.466 e. The number of piperidine rings is 1. The average Bonchev–Trinajstić information content (AvgIpc) is 3.08. The molecular formula is C23H28N4O4S2. The van der Waals surface area contributed by atoms with Crippen LogP contribution in [0.4, 0.5) is 5.82 Å². The number of hydrogen-bond donors (Lipinski definition) is 0. The van der Waals surface area contributed by atoms with E-state index in [0.717, 1.165) is 0 Å². The number of thioether (sulfide) groups is 1. The van der Waals surface area contributed by atoms with Crippen LogP contribution in [-0.2, 0) is 20.9 Å². The molecule has 2 saturated heterocycles. The number of pyridine rings is 1. The zero-order chi connectivity index (χ0) is 24.3. The second kappa shape index (κ2) is 10.5. The number of amides is 1. The summed E-state index contributed by atoms with van der Waals surface area (Å²) in [5.41, 5.74) is 0.924. The maximum absolute atomic E-state index is 13.1. The normalized spacial score (nSPS) is 18.2. The number of nitriles is 1. The average molecular weight is 489 g/mol. The van der Waals surface area contributed by atoms with E-state index in [-0.39, 0.29) is 28.9 Å². The first-order valence-electron chi connectivity index (χ1n) is 11.1. The molecule has 1 aromatic rings. The molecule has 0 N–H and O–H groups in total. The molecule has 33 heavy (non-hydrogen) atoms. The summed E-state index contributed by atoms with van der Waals surface area (Å²) >= 11 is 6.57. The summed E-state index contributed by atoms with van der Waals surface area (Å²) in [5, 5.41) is 9.68. The standard InChI is InChI=1S/C23H28N4O4S2/c1-5-26-19(25-10-8-15(9-11-25)22(30)31-7-3)16(14(4)17(13-24)20(26)28)12-18-21(29)27(6-2)23(32)33-18/h12,15H,5-11H2,1-4H3/b18-12+. The molecule has 0 saturated carbocycles. The lowest BCUT2D eigenvalue weighted by Gasteiger charge is -2.35. The van der Waals surface area contributed by atoms with Crippen LogP contribution < -0.4 is 10.5 Å². The molecule has 2 aliphatic heterocycles. The Morgan fingerprint density at radius 1 is 1.24 bits per heavy atom. The largest absolute Gasteiger partial charge is 0.466 e. The van der Waals surface area contributed by atoms with Gasteiger partial charge in [0.25, 0.3) is 11.5 Å². The summed E-state index contributed by atoms with van der Waals surface area (Å²) in [5.74, 6) is 0.130. The van der Waals surface area contributed by atoms with E-state index >= 15 is 0 Å². The van der Waals surface area contributed by atoms with Crippen LogP contribution in [0, 0.1) is 24.2 Å². The number of ether oxygens (including phenoxy) is 1. The molecule has 0 radical (unpaired) electrons. The van der Waals surface area contributed by atoms with Crippen molar-refractivity contribution in [2.75, 3.05) is 31.1 Å². The summed E-state index contributed by atoms with van der Waals surface area (Å²) in [7, 11) is 0. The Balaban J connectivity index is 2.10. The van der Waals surface area contributed by atoms with Crippen molar-refractivity contribution in [1.82, 2.24) is 9.47 Å². The molecule has 176 valence electrons. The molecule has 1 aromatic heterocycles. The number of carbonyl (C=O) groups is 2. The van der Waals surface area contributed by atoms with Crippen LogP contribution in [0.15, 0.2) is 9.70 Å². The fourth-order valence-corrected chi connectivity index (χ4v) is 5.64. The van der Waals surface area contributed by atoms with Crippen molar-refractivity contribution in [3.05, 3.63) is 31.9 Å². The highest BCUT2D eigenvalue weighted by Gasteiger charge is 2.33. The summed E-state index contributed by atoms with van der Waals surface area (Å²) < 4.78 is 7.25. The molecule has 3 heterocycles. The highest BCUT2D eigenvalue weighted by Crippen LogP contribution is 2.36. The lowest BCUT2D eigenvalue weighted by atomic mass is 9.95. The first-order chi connectivity index (χ1) is 15.8. The molecule has 2 aliphatic rings. The predicted molar refractivity (Wildman–Crippen MR) is 133 cm³/mol. The van der Waals surface area contributed by atoms with E-state index in [9.17, 15) is 19.6 Å². The minimum absolute atomic E-state index is 0.0687. The Hall–Kier alpha value is -2.64. The molecule has 10 heteroatoms.